The highest BCUT2D eigenvalue weighted by atomic mass is 127. The van der Waals surface area contributed by atoms with E-state index < -0.39 is 13.2 Å². The SMILES string of the molecule is COc1ccc([P+](c2ccc(OC)cc2)(c2ccc(OC)cc2)c2ccccc2C(=O)O)cc1.[I-]. The van der Waals surface area contributed by atoms with E-state index in [1.54, 1.807) is 33.5 Å². The molecule has 4 aromatic carbocycles. The molecule has 0 fully saturated rings. The maximum absolute atomic E-state index is 12.4. The lowest BCUT2D eigenvalue weighted by Gasteiger charge is -2.29. The molecule has 35 heavy (non-hydrogen) atoms. The van der Waals surface area contributed by atoms with Crippen molar-refractivity contribution in [1.82, 2.24) is 0 Å². The second kappa shape index (κ2) is 11.6. The van der Waals surface area contributed by atoms with Crippen molar-refractivity contribution in [2.75, 3.05) is 21.3 Å². The number of carboxylic acids is 1. The third-order valence-corrected chi connectivity index (χ3v) is 10.2. The Hall–Kier alpha value is -3.09. The van der Waals surface area contributed by atoms with Gasteiger partial charge in [0, 0.05) is 0 Å². The van der Waals surface area contributed by atoms with Gasteiger partial charge in [-0.25, -0.2) is 4.79 Å². The van der Waals surface area contributed by atoms with Crippen molar-refractivity contribution in [2.24, 2.45) is 0 Å². The number of hydrogen-bond acceptors (Lipinski definition) is 4. The number of aromatic carboxylic acids is 1. The fourth-order valence-electron chi connectivity index (χ4n) is 4.23. The van der Waals surface area contributed by atoms with E-state index in [1.807, 2.05) is 84.9 Å². The minimum atomic E-state index is -2.64. The topological polar surface area (TPSA) is 65.0 Å². The van der Waals surface area contributed by atoms with E-state index in [9.17, 15) is 9.90 Å². The molecule has 0 radical (unpaired) electrons. The lowest BCUT2D eigenvalue weighted by molar-refractivity contribution is -0.0000230. The largest absolute Gasteiger partial charge is 1.00 e. The van der Waals surface area contributed by atoms with E-state index in [0.717, 1.165) is 38.5 Å². The Kier molecular flexibility index (Phi) is 8.76. The second-order valence-electron chi connectivity index (χ2n) is 7.59. The molecule has 5 nitrogen and oxygen atoms in total. The van der Waals surface area contributed by atoms with Gasteiger partial charge >= 0.3 is 5.97 Å². The molecule has 180 valence electrons. The summed E-state index contributed by atoms with van der Waals surface area (Å²) >= 11 is 0. The summed E-state index contributed by atoms with van der Waals surface area (Å²) in [6, 6.07) is 30.9. The van der Waals surface area contributed by atoms with Crippen molar-refractivity contribution in [1.29, 1.82) is 0 Å². The summed E-state index contributed by atoms with van der Waals surface area (Å²) in [7, 11) is 2.25. The molecule has 0 spiro atoms. The summed E-state index contributed by atoms with van der Waals surface area (Å²) < 4.78 is 16.2. The van der Waals surface area contributed by atoms with Crippen LogP contribution in [0.2, 0.25) is 0 Å². The molecule has 0 saturated heterocycles. The maximum Gasteiger partial charge on any atom is 0.339 e. The van der Waals surface area contributed by atoms with Gasteiger partial charge in [0.15, 0.2) is 0 Å². The van der Waals surface area contributed by atoms with Crippen molar-refractivity contribution in [2.45, 2.75) is 0 Å². The first-order valence-corrected chi connectivity index (χ1v) is 12.5. The van der Waals surface area contributed by atoms with Crippen LogP contribution < -0.4 is 59.4 Å². The van der Waals surface area contributed by atoms with Crippen LogP contribution in [0.1, 0.15) is 10.4 Å². The quantitative estimate of drug-likeness (QED) is 0.242. The Bertz CT molecular complexity index is 1160. The average molecular weight is 600 g/mol. The van der Waals surface area contributed by atoms with Gasteiger partial charge in [0.05, 0.1) is 21.3 Å². The van der Waals surface area contributed by atoms with Crippen LogP contribution in [0.4, 0.5) is 0 Å². The number of ether oxygens (including phenoxy) is 3. The molecule has 7 heteroatoms. The van der Waals surface area contributed by atoms with E-state index in [0.29, 0.717) is 0 Å². The minimum absolute atomic E-state index is 0. The third-order valence-electron chi connectivity index (χ3n) is 5.87. The average Bonchev–Trinajstić information content (AvgIpc) is 2.90. The van der Waals surface area contributed by atoms with Gasteiger partial charge in [-0.15, -0.1) is 0 Å². The molecule has 4 aromatic rings. The first kappa shape index (κ1) is 26.5. The summed E-state index contributed by atoms with van der Waals surface area (Å²) in [6.07, 6.45) is 0. The predicted octanol–water partition coefficient (Wildman–Crippen LogP) is 1.03. The Morgan fingerprint density at radius 2 is 0.943 bits per heavy atom. The highest BCUT2D eigenvalue weighted by Gasteiger charge is 2.50. The number of carbonyl (C=O) groups is 1. The van der Waals surface area contributed by atoms with Gasteiger partial charge in [0.25, 0.3) is 0 Å². The molecule has 0 aliphatic heterocycles. The van der Waals surface area contributed by atoms with Gasteiger partial charge < -0.3 is 43.3 Å². The normalized spacial score (nSPS) is 10.7. The van der Waals surface area contributed by atoms with Gasteiger partial charge in [-0.1, -0.05) is 12.1 Å². The zero-order chi connectivity index (χ0) is 24.1. The highest BCUT2D eigenvalue weighted by Crippen LogP contribution is 2.55. The lowest BCUT2D eigenvalue weighted by Crippen LogP contribution is -3.00. The molecular formula is C28H26IO5P. The van der Waals surface area contributed by atoms with E-state index in [4.69, 9.17) is 14.2 Å². The third kappa shape index (κ3) is 5.00. The van der Waals surface area contributed by atoms with E-state index in [1.165, 1.54) is 0 Å². The zero-order valence-electron chi connectivity index (χ0n) is 19.6. The molecule has 0 saturated carbocycles. The van der Waals surface area contributed by atoms with E-state index in [-0.39, 0.29) is 29.5 Å². The maximum atomic E-state index is 12.4. The Morgan fingerprint density at radius 1 is 0.600 bits per heavy atom. The first-order chi connectivity index (χ1) is 16.5. The van der Waals surface area contributed by atoms with Gasteiger partial charge in [-0.2, -0.15) is 0 Å². The van der Waals surface area contributed by atoms with Crippen LogP contribution in [0.25, 0.3) is 0 Å². The Balaban J connectivity index is 0.00000342. The molecule has 1 N–H and O–H groups in total. The molecule has 0 atom stereocenters. The predicted molar refractivity (Wildman–Crippen MR) is 138 cm³/mol. The molecule has 0 aliphatic carbocycles. The Morgan fingerprint density at radius 3 is 1.26 bits per heavy atom. The molecule has 0 aliphatic rings. The van der Waals surface area contributed by atoms with Crippen LogP contribution >= 0.6 is 7.26 Å². The highest BCUT2D eigenvalue weighted by molar-refractivity contribution is 8.01. The molecule has 0 amide bonds. The van der Waals surface area contributed by atoms with Crippen LogP contribution in [0, 0.1) is 0 Å². The molecule has 4 rings (SSSR count). The van der Waals surface area contributed by atoms with Gasteiger partial charge in [0.2, 0.25) is 0 Å². The molecular weight excluding hydrogens is 574 g/mol. The van der Waals surface area contributed by atoms with Gasteiger partial charge in [-0.3, -0.25) is 0 Å². The number of methoxy groups -OCH3 is 3. The molecule has 0 unspecified atom stereocenters. The standard InChI is InChI=1S/C28H25O5P.HI/c1-31-20-8-14-23(15-9-20)34(24-16-10-21(32-2)11-17-24,25-18-12-22(33-3)13-19-25)27-7-5-4-6-26(27)28(29)30;/h4-19H,1-3H3;1H. The van der Waals surface area contributed by atoms with Crippen molar-refractivity contribution in [3.63, 3.8) is 0 Å². The van der Waals surface area contributed by atoms with Crippen molar-refractivity contribution in [3.8, 4) is 17.2 Å². The number of benzene rings is 4. The van der Waals surface area contributed by atoms with Crippen molar-refractivity contribution >= 4 is 34.4 Å². The summed E-state index contributed by atoms with van der Waals surface area (Å²) in [5.74, 6) is 1.24. The van der Waals surface area contributed by atoms with Crippen LogP contribution in [0.5, 0.6) is 17.2 Å². The Labute approximate surface area is 223 Å². The van der Waals surface area contributed by atoms with Gasteiger partial charge in [0.1, 0.15) is 51.3 Å². The van der Waals surface area contributed by atoms with Crippen LogP contribution in [-0.2, 0) is 0 Å². The van der Waals surface area contributed by atoms with E-state index >= 15 is 0 Å². The lowest BCUT2D eigenvalue weighted by atomic mass is 10.2. The fraction of sp³-hybridized carbons (Fsp3) is 0.107. The molecule has 0 bridgehead atoms. The monoisotopic (exact) mass is 600 g/mol. The second-order valence-corrected chi connectivity index (χ2v) is 11.0. The summed E-state index contributed by atoms with van der Waals surface area (Å²) in [5, 5.41) is 14.0. The summed E-state index contributed by atoms with van der Waals surface area (Å²) in [4.78, 5) is 12.4. The number of hydrogen-bond donors (Lipinski definition) is 1. The fourth-order valence-corrected chi connectivity index (χ4v) is 8.59. The smallest absolute Gasteiger partial charge is 0.339 e. The van der Waals surface area contributed by atoms with Crippen molar-refractivity contribution in [3.05, 3.63) is 103 Å². The summed E-state index contributed by atoms with van der Waals surface area (Å²) in [5.41, 5.74) is 0.276. The minimum Gasteiger partial charge on any atom is -1.00 e. The number of rotatable bonds is 8. The molecule has 0 aromatic heterocycles. The zero-order valence-corrected chi connectivity index (χ0v) is 22.7. The van der Waals surface area contributed by atoms with Crippen molar-refractivity contribution < 1.29 is 48.1 Å². The van der Waals surface area contributed by atoms with Gasteiger partial charge in [-0.05, 0) is 84.9 Å². The molecule has 0 heterocycles. The van der Waals surface area contributed by atoms with E-state index in [2.05, 4.69) is 0 Å². The number of carboxylic acid groups (broad SMARTS) is 1. The summed E-state index contributed by atoms with van der Waals surface area (Å²) in [6.45, 7) is 0. The number of halogens is 1. The van der Waals surface area contributed by atoms with Crippen LogP contribution in [0.15, 0.2) is 97.1 Å². The first-order valence-electron chi connectivity index (χ1n) is 10.7. The van der Waals surface area contributed by atoms with Crippen LogP contribution in [0.3, 0.4) is 0 Å². The van der Waals surface area contributed by atoms with Crippen LogP contribution in [-0.4, -0.2) is 32.4 Å².